The van der Waals surface area contributed by atoms with Crippen molar-refractivity contribution in [2.75, 3.05) is 6.54 Å². The van der Waals surface area contributed by atoms with Crippen molar-refractivity contribution in [2.45, 2.75) is 47.1 Å². The molecule has 1 aromatic heterocycles. The van der Waals surface area contributed by atoms with Gasteiger partial charge in [0.15, 0.2) is 0 Å². The summed E-state index contributed by atoms with van der Waals surface area (Å²) in [6, 6.07) is 5.15. The van der Waals surface area contributed by atoms with Crippen molar-refractivity contribution in [2.24, 2.45) is 7.05 Å². The van der Waals surface area contributed by atoms with Crippen molar-refractivity contribution >= 4 is 10.9 Å². The molecule has 1 heterocycles. The third-order valence-electron chi connectivity index (χ3n) is 3.99. The van der Waals surface area contributed by atoms with Gasteiger partial charge in [-0.25, -0.2) is 0 Å². The van der Waals surface area contributed by atoms with Gasteiger partial charge >= 0.3 is 0 Å². The highest BCUT2D eigenvalue weighted by Gasteiger charge is 2.14. The number of rotatable bonds is 4. The van der Waals surface area contributed by atoms with Crippen molar-refractivity contribution in [3.05, 3.63) is 34.5 Å². The van der Waals surface area contributed by atoms with Crippen LogP contribution in [0.3, 0.4) is 0 Å². The molecule has 0 aliphatic heterocycles. The highest BCUT2D eigenvalue weighted by Crippen LogP contribution is 2.29. The van der Waals surface area contributed by atoms with Gasteiger partial charge in [0.25, 0.3) is 0 Å². The summed E-state index contributed by atoms with van der Waals surface area (Å²) in [4.78, 5) is 0. The molecule has 0 aliphatic rings. The minimum absolute atomic E-state index is 0.554. The number of benzene rings is 1. The zero-order valence-corrected chi connectivity index (χ0v) is 13.1. The van der Waals surface area contributed by atoms with Crippen LogP contribution in [0.15, 0.2) is 12.1 Å². The number of nitrogens with one attached hydrogen (secondary N) is 1. The molecule has 1 aromatic carbocycles. The standard InChI is InChI=1S/C17H26N2/c1-11(2)18-8-7-15-14(5)19(6)16-10-12(3)9-13(4)17(15)16/h9-11,18H,7-8H2,1-6H3. The van der Waals surface area contributed by atoms with Crippen molar-refractivity contribution in [3.8, 4) is 0 Å². The van der Waals surface area contributed by atoms with E-state index in [-0.39, 0.29) is 0 Å². The van der Waals surface area contributed by atoms with E-state index in [1.807, 2.05) is 0 Å². The molecule has 0 amide bonds. The maximum Gasteiger partial charge on any atom is 0.0488 e. The minimum Gasteiger partial charge on any atom is -0.348 e. The molecular formula is C17H26N2. The molecule has 0 saturated carbocycles. The fourth-order valence-electron chi connectivity index (χ4n) is 2.96. The third-order valence-corrected chi connectivity index (χ3v) is 3.99. The molecule has 0 unspecified atom stereocenters. The van der Waals surface area contributed by atoms with Gasteiger partial charge in [-0.3, -0.25) is 0 Å². The van der Waals surface area contributed by atoms with Gasteiger partial charge < -0.3 is 9.88 Å². The zero-order chi connectivity index (χ0) is 14.2. The van der Waals surface area contributed by atoms with Gasteiger partial charge in [-0.2, -0.15) is 0 Å². The SMILES string of the molecule is Cc1cc(C)c2c(CCNC(C)C)c(C)n(C)c2c1. The Morgan fingerprint density at radius 3 is 2.47 bits per heavy atom. The Morgan fingerprint density at radius 1 is 1.16 bits per heavy atom. The van der Waals surface area contributed by atoms with E-state index in [9.17, 15) is 0 Å². The first kappa shape index (κ1) is 14.1. The van der Waals surface area contributed by atoms with E-state index in [2.05, 4.69) is 63.7 Å². The number of hydrogen-bond acceptors (Lipinski definition) is 1. The quantitative estimate of drug-likeness (QED) is 0.886. The third kappa shape index (κ3) is 2.69. The summed E-state index contributed by atoms with van der Waals surface area (Å²) in [5.41, 5.74) is 7.02. The molecule has 0 bridgehead atoms. The van der Waals surface area contributed by atoms with Gasteiger partial charge in [0.1, 0.15) is 0 Å². The van der Waals surface area contributed by atoms with E-state index in [4.69, 9.17) is 0 Å². The van der Waals surface area contributed by atoms with Gasteiger partial charge in [-0.1, -0.05) is 19.9 Å². The van der Waals surface area contributed by atoms with E-state index in [1.54, 1.807) is 0 Å². The van der Waals surface area contributed by atoms with Crippen molar-refractivity contribution in [1.29, 1.82) is 0 Å². The van der Waals surface area contributed by atoms with Crippen LogP contribution in [0.25, 0.3) is 10.9 Å². The van der Waals surface area contributed by atoms with Crippen LogP contribution < -0.4 is 5.32 Å². The second-order valence-corrected chi connectivity index (χ2v) is 5.96. The predicted molar refractivity (Wildman–Crippen MR) is 84.0 cm³/mol. The first-order valence-electron chi connectivity index (χ1n) is 7.20. The molecular weight excluding hydrogens is 232 g/mol. The van der Waals surface area contributed by atoms with E-state index in [1.165, 1.54) is 33.3 Å². The molecule has 2 rings (SSSR count). The van der Waals surface area contributed by atoms with Crippen LogP contribution >= 0.6 is 0 Å². The molecule has 0 fully saturated rings. The van der Waals surface area contributed by atoms with E-state index < -0.39 is 0 Å². The fourth-order valence-corrected chi connectivity index (χ4v) is 2.96. The maximum absolute atomic E-state index is 3.52. The molecule has 0 aliphatic carbocycles. The number of aromatic nitrogens is 1. The molecule has 0 atom stereocenters. The Morgan fingerprint density at radius 2 is 1.84 bits per heavy atom. The van der Waals surface area contributed by atoms with Crippen LogP contribution in [-0.4, -0.2) is 17.2 Å². The first-order valence-corrected chi connectivity index (χ1v) is 7.20. The molecule has 19 heavy (non-hydrogen) atoms. The lowest BCUT2D eigenvalue weighted by molar-refractivity contribution is 0.590. The summed E-state index contributed by atoms with van der Waals surface area (Å²) in [5.74, 6) is 0. The van der Waals surface area contributed by atoms with E-state index in [0.29, 0.717) is 6.04 Å². The van der Waals surface area contributed by atoms with Crippen molar-refractivity contribution in [3.63, 3.8) is 0 Å². The lowest BCUT2D eigenvalue weighted by Gasteiger charge is -2.09. The molecule has 2 aromatic rings. The number of fused-ring (bicyclic) bond motifs is 1. The van der Waals surface area contributed by atoms with Crippen LogP contribution in [-0.2, 0) is 13.5 Å². The Hall–Kier alpha value is -1.28. The van der Waals surface area contributed by atoms with Crippen molar-refractivity contribution < 1.29 is 0 Å². The molecule has 2 nitrogen and oxygen atoms in total. The summed E-state index contributed by atoms with van der Waals surface area (Å²) < 4.78 is 2.33. The van der Waals surface area contributed by atoms with Gasteiger partial charge in [-0.15, -0.1) is 0 Å². The molecule has 0 spiro atoms. The van der Waals surface area contributed by atoms with Crippen LogP contribution in [0.1, 0.15) is 36.2 Å². The number of aryl methyl sites for hydroxylation is 3. The lowest BCUT2D eigenvalue weighted by atomic mass is 10.0. The Labute approximate surface area is 116 Å². The molecule has 2 heteroatoms. The Balaban J connectivity index is 2.45. The van der Waals surface area contributed by atoms with Crippen LogP contribution in [0, 0.1) is 20.8 Å². The zero-order valence-electron chi connectivity index (χ0n) is 13.1. The van der Waals surface area contributed by atoms with Gasteiger partial charge in [0.05, 0.1) is 0 Å². The number of hydrogen-bond donors (Lipinski definition) is 1. The van der Waals surface area contributed by atoms with Crippen LogP contribution in [0.4, 0.5) is 0 Å². The summed E-state index contributed by atoms with van der Waals surface area (Å²) in [7, 11) is 2.18. The second-order valence-electron chi connectivity index (χ2n) is 5.96. The average Bonchev–Trinajstić information content (AvgIpc) is 2.54. The topological polar surface area (TPSA) is 17.0 Å². The molecule has 104 valence electrons. The molecule has 1 N–H and O–H groups in total. The highest BCUT2D eigenvalue weighted by atomic mass is 14.9. The van der Waals surface area contributed by atoms with Gasteiger partial charge in [0, 0.05) is 29.7 Å². The monoisotopic (exact) mass is 258 g/mol. The first-order chi connectivity index (χ1) is 8.91. The molecule has 0 radical (unpaired) electrons. The van der Waals surface area contributed by atoms with Crippen LogP contribution in [0.5, 0.6) is 0 Å². The van der Waals surface area contributed by atoms with Crippen molar-refractivity contribution in [1.82, 2.24) is 9.88 Å². The Kier molecular flexibility index (Phi) is 4.00. The minimum atomic E-state index is 0.554. The van der Waals surface area contributed by atoms with E-state index in [0.717, 1.165) is 13.0 Å². The fraction of sp³-hybridized carbons (Fsp3) is 0.529. The Bertz CT molecular complexity index is 591. The summed E-state index contributed by atoms with van der Waals surface area (Å²) >= 11 is 0. The highest BCUT2D eigenvalue weighted by molar-refractivity contribution is 5.89. The van der Waals surface area contributed by atoms with Crippen LogP contribution in [0.2, 0.25) is 0 Å². The van der Waals surface area contributed by atoms with Gasteiger partial charge in [-0.05, 0) is 56.5 Å². The normalized spacial score (nSPS) is 11.7. The predicted octanol–water partition coefficient (Wildman–Crippen LogP) is 3.64. The summed E-state index contributed by atoms with van der Waals surface area (Å²) in [6.45, 7) is 12.1. The second kappa shape index (κ2) is 5.38. The average molecular weight is 258 g/mol. The smallest absolute Gasteiger partial charge is 0.0488 e. The maximum atomic E-state index is 3.52. The van der Waals surface area contributed by atoms with Gasteiger partial charge in [0.2, 0.25) is 0 Å². The largest absolute Gasteiger partial charge is 0.348 e. The summed E-state index contributed by atoms with van der Waals surface area (Å²) in [5, 5.41) is 4.97. The molecule has 0 saturated heterocycles. The summed E-state index contributed by atoms with van der Waals surface area (Å²) in [6.07, 6.45) is 1.10. The number of nitrogens with zero attached hydrogens (tertiary/aromatic N) is 1. The lowest BCUT2D eigenvalue weighted by Crippen LogP contribution is -2.25. The van der Waals surface area contributed by atoms with E-state index >= 15 is 0 Å².